The van der Waals surface area contributed by atoms with Crippen LogP contribution in [0.3, 0.4) is 0 Å². The van der Waals surface area contributed by atoms with E-state index < -0.39 is 5.66 Å². The van der Waals surface area contributed by atoms with Crippen molar-refractivity contribution in [2.24, 2.45) is 21.5 Å². The van der Waals surface area contributed by atoms with E-state index in [1.54, 1.807) is 6.20 Å². The van der Waals surface area contributed by atoms with Crippen molar-refractivity contribution in [3.8, 4) is 11.3 Å². The molecule has 0 amide bonds. The second-order valence-electron chi connectivity index (χ2n) is 7.32. The molecule has 8 heteroatoms. The van der Waals surface area contributed by atoms with Crippen LogP contribution < -0.4 is 16.4 Å². The maximum Gasteiger partial charge on any atom is 0.234 e. The Balaban J connectivity index is 1.51. The van der Waals surface area contributed by atoms with Crippen LogP contribution in [0.15, 0.2) is 58.9 Å². The van der Waals surface area contributed by atoms with Gasteiger partial charge in [-0.05, 0) is 43.9 Å². The minimum Gasteiger partial charge on any atom is -0.369 e. The van der Waals surface area contributed by atoms with Crippen molar-refractivity contribution in [1.29, 1.82) is 0 Å². The Morgan fingerprint density at radius 1 is 1.00 bits per heavy atom. The van der Waals surface area contributed by atoms with Crippen LogP contribution in [0.4, 0.5) is 5.69 Å². The predicted octanol–water partition coefficient (Wildman–Crippen LogP) is 2.51. The standard InChI is InChI=1S/C20H22N8/c21-17-25-18(22)28(20(26-17)9-2-1-3-10-20)15-7-5-14(6-8-15)16-13-27-12-4-11-23-19(27)24-16/h4-8,11-13H,1-3,9-10H2,(H4,21,22,25,26). The van der Waals surface area contributed by atoms with E-state index in [2.05, 4.69) is 15.0 Å². The highest BCUT2D eigenvalue weighted by molar-refractivity contribution is 6.05. The Morgan fingerprint density at radius 2 is 1.79 bits per heavy atom. The Labute approximate surface area is 162 Å². The van der Waals surface area contributed by atoms with Crippen LogP contribution in [0.5, 0.6) is 0 Å². The van der Waals surface area contributed by atoms with E-state index in [-0.39, 0.29) is 5.96 Å². The van der Waals surface area contributed by atoms with Gasteiger partial charge in [-0.2, -0.15) is 4.99 Å². The summed E-state index contributed by atoms with van der Waals surface area (Å²) in [5.74, 6) is 1.35. The molecule has 1 spiro atoms. The molecule has 1 fully saturated rings. The summed E-state index contributed by atoms with van der Waals surface area (Å²) in [5, 5.41) is 0. The highest BCUT2D eigenvalue weighted by Gasteiger charge is 2.42. The third-order valence-corrected chi connectivity index (χ3v) is 5.51. The van der Waals surface area contributed by atoms with E-state index in [0.29, 0.717) is 11.7 Å². The quantitative estimate of drug-likeness (QED) is 0.716. The first-order chi connectivity index (χ1) is 13.6. The molecule has 1 aliphatic heterocycles. The molecule has 4 N–H and O–H groups in total. The summed E-state index contributed by atoms with van der Waals surface area (Å²) in [6.07, 6.45) is 10.9. The van der Waals surface area contributed by atoms with Crippen molar-refractivity contribution in [2.75, 3.05) is 4.90 Å². The SMILES string of the molecule is NC1=NC2(CCCCC2)N(c2ccc(-c3cn4cccnc4n3)cc2)C(N)=N1. The molecule has 2 aromatic heterocycles. The lowest BCUT2D eigenvalue weighted by Crippen LogP contribution is -2.58. The van der Waals surface area contributed by atoms with Gasteiger partial charge in [-0.15, -0.1) is 0 Å². The van der Waals surface area contributed by atoms with Crippen LogP contribution in [0.1, 0.15) is 32.1 Å². The molecule has 0 atom stereocenters. The van der Waals surface area contributed by atoms with Gasteiger partial charge in [0.25, 0.3) is 0 Å². The maximum absolute atomic E-state index is 6.30. The van der Waals surface area contributed by atoms with Gasteiger partial charge in [-0.1, -0.05) is 18.6 Å². The molecule has 0 bridgehead atoms. The molecule has 1 aliphatic carbocycles. The first-order valence-electron chi connectivity index (χ1n) is 9.55. The average Bonchev–Trinajstić information content (AvgIpc) is 3.13. The fourth-order valence-corrected chi connectivity index (χ4v) is 4.25. The van der Waals surface area contributed by atoms with Crippen LogP contribution >= 0.6 is 0 Å². The second-order valence-corrected chi connectivity index (χ2v) is 7.32. The average molecular weight is 374 g/mol. The van der Waals surface area contributed by atoms with Gasteiger partial charge in [0.15, 0.2) is 0 Å². The number of aliphatic imine (C=N–C) groups is 2. The molecule has 3 heterocycles. The topological polar surface area (TPSA) is 110 Å². The summed E-state index contributed by atoms with van der Waals surface area (Å²) in [6.45, 7) is 0. The number of fused-ring (bicyclic) bond motifs is 1. The first kappa shape index (κ1) is 16.7. The van der Waals surface area contributed by atoms with Gasteiger partial charge in [0.05, 0.1) is 5.69 Å². The van der Waals surface area contributed by atoms with Crippen LogP contribution in [-0.2, 0) is 0 Å². The van der Waals surface area contributed by atoms with Crippen molar-refractivity contribution in [1.82, 2.24) is 14.4 Å². The summed E-state index contributed by atoms with van der Waals surface area (Å²) < 4.78 is 1.91. The van der Waals surface area contributed by atoms with Crippen molar-refractivity contribution in [2.45, 2.75) is 37.8 Å². The van der Waals surface area contributed by atoms with Crippen LogP contribution in [0, 0.1) is 0 Å². The second kappa shape index (κ2) is 6.33. The van der Waals surface area contributed by atoms with E-state index in [9.17, 15) is 0 Å². The van der Waals surface area contributed by atoms with Gasteiger partial charge < -0.3 is 11.5 Å². The molecule has 2 aliphatic rings. The van der Waals surface area contributed by atoms with Gasteiger partial charge in [-0.25, -0.2) is 15.0 Å². The van der Waals surface area contributed by atoms with E-state index in [0.717, 1.165) is 42.6 Å². The Morgan fingerprint density at radius 3 is 2.54 bits per heavy atom. The fourth-order valence-electron chi connectivity index (χ4n) is 4.25. The Kier molecular flexibility index (Phi) is 3.78. The number of hydrogen-bond acceptors (Lipinski definition) is 7. The number of benzene rings is 1. The van der Waals surface area contributed by atoms with E-state index >= 15 is 0 Å². The van der Waals surface area contributed by atoms with E-state index in [1.165, 1.54) is 6.42 Å². The molecule has 0 saturated heterocycles. The van der Waals surface area contributed by atoms with Crippen molar-refractivity contribution >= 4 is 23.4 Å². The monoisotopic (exact) mass is 374 g/mol. The van der Waals surface area contributed by atoms with Crippen molar-refractivity contribution < 1.29 is 0 Å². The lowest BCUT2D eigenvalue weighted by atomic mass is 9.87. The maximum atomic E-state index is 6.30. The predicted molar refractivity (Wildman–Crippen MR) is 110 cm³/mol. The summed E-state index contributed by atoms with van der Waals surface area (Å²) in [4.78, 5) is 19.8. The number of nitrogens with zero attached hydrogens (tertiary/aromatic N) is 6. The minimum absolute atomic E-state index is 0.268. The molecule has 8 nitrogen and oxygen atoms in total. The number of hydrogen-bond donors (Lipinski definition) is 2. The molecular weight excluding hydrogens is 352 g/mol. The van der Waals surface area contributed by atoms with Gasteiger partial charge in [0.2, 0.25) is 17.7 Å². The zero-order valence-corrected chi connectivity index (χ0v) is 15.5. The largest absolute Gasteiger partial charge is 0.369 e. The van der Waals surface area contributed by atoms with Crippen molar-refractivity contribution in [3.63, 3.8) is 0 Å². The van der Waals surface area contributed by atoms with Crippen LogP contribution in [0.25, 0.3) is 17.0 Å². The summed E-state index contributed by atoms with van der Waals surface area (Å²) in [5.41, 5.74) is 14.7. The smallest absolute Gasteiger partial charge is 0.234 e. The lowest BCUT2D eigenvalue weighted by Gasteiger charge is -2.45. The number of rotatable bonds is 2. The molecule has 5 rings (SSSR count). The molecule has 1 saturated carbocycles. The van der Waals surface area contributed by atoms with Gasteiger partial charge in [-0.3, -0.25) is 9.30 Å². The number of aromatic nitrogens is 3. The molecule has 3 aromatic rings. The summed E-state index contributed by atoms with van der Waals surface area (Å²) in [7, 11) is 0. The molecule has 1 aromatic carbocycles. The van der Waals surface area contributed by atoms with Crippen LogP contribution in [-0.4, -0.2) is 32.0 Å². The number of guanidine groups is 2. The number of imidazole rings is 1. The van der Waals surface area contributed by atoms with Gasteiger partial charge >= 0.3 is 0 Å². The zero-order valence-electron chi connectivity index (χ0n) is 15.5. The van der Waals surface area contributed by atoms with E-state index in [4.69, 9.17) is 16.5 Å². The molecule has 0 radical (unpaired) electrons. The van der Waals surface area contributed by atoms with Crippen LogP contribution in [0.2, 0.25) is 0 Å². The molecule has 142 valence electrons. The zero-order chi connectivity index (χ0) is 19.1. The summed E-state index contributed by atoms with van der Waals surface area (Å²) in [6, 6.07) is 10.1. The number of anilines is 1. The highest BCUT2D eigenvalue weighted by atomic mass is 15.4. The summed E-state index contributed by atoms with van der Waals surface area (Å²) >= 11 is 0. The fraction of sp³-hybridized carbons (Fsp3) is 0.300. The van der Waals surface area contributed by atoms with Gasteiger partial charge in [0.1, 0.15) is 5.66 Å². The third-order valence-electron chi connectivity index (χ3n) is 5.51. The molecular formula is C20H22N8. The highest BCUT2D eigenvalue weighted by Crippen LogP contribution is 2.39. The van der Waals surface area contributed by atoms with Crippen molar-refractivity contribution in [3.05, 3.63) is 48.9 Å². The number of nitrogens with two attached hydrogens (primary N) is 2. The minimum atomic E-state index is -0.428. The molecule has 0 unspecified atom stereocenters. The lowest BCUT2D eigenvalue weighted by molar-refractivity contribution is 0.305. The third kappa shape index (κ3) is 2.69. The first-order valence-corrected chi connectivity index (χ1v) is 9.55. The Hall–Kier alpha value is -3.42. The normalized spacial score (nSPS) is 18.9. The molecule has 28 heavy (non-hydrogen) atoms. The van der Waals surface area contributed by atoms with E-state index in [1.807, 2.05) is 52.0 Å². The van der Waals surface area contributed by atoms with Gasteiger partial charge in [0, 0.05) is 29.8 Å². The Bertz CT molecular complexity index is 1040.